The van der Waals surface area contributed by atoms with E-state index in [2.05, 4.69) is 9.97 Å². The molecule has 3 aliphatic rings. The highest BCUT2D eigenvalue weighted by Crippen LogP contribution is 2.73. The van der Waals surface area contributed by atoms with Gasteiger partial charge in [-0.1, -0.05) is 0 Å². The SMILES string of the molecule is CC(c1cc(F)ccc1F)N(C)C(=O)C12CC(COc3cnc(C#N)cn3)(C1)C2. The van der Waals surface area contributed by atoms with Gasteiger partial charge in [0, 0.05) is 18.0 Å². The van der Waals surface area contributed by atoms with Crippen LogP contribution < -0.4 is 4.74 Å². The largest absolute Gasteiger partial charge is 0.476 e. The van der Waals surface area contributed by atoms with Crippen molar-refractivity contribution in [2.75, 3.05) is 13.7 Å². The third-order valence-electron chi connectivity index (χ3n) is 6.17. The smallest absolute Gasteiger partial charge is 0.232 e. The summed E-state index contributed by atoms with van der Waals surface area (Å²) in [5.41, 5.74) is -0.101. The number of benzene rings is 1. The van der Waals surface area contributed by atoms with Gasteiger partial charge in [0.2, 0.25) is 11.8 Å². The summed E-state index contributed by atoms with van der Waals surface area (Å²) in [6.07, 6.45) is 4.86. The monoisotopic (exact) mass is 398 g/mol. The molecule has 3 saturated carbocycles. The van der Waals surface area contributed by atoms with Gasteiger partial charge in [-0.3, -0.25) is 4.79 Å². The zero-order valence-electron chi connectivity index (χ0n) is 16.2. The molecule has 0 radical (unpaired) electrons. The molecule has 6 nitrogen and oxygen atoms in total. The molecule has 0 aliphatic heterocycles. The first-order valence-corrected chi connectivity index (χ1v) is 9.35. The van der Waals surface area contributed by atoms with E-state index in [4.69, 9.17) is 10.00 Å². The van der Waals surface area contributed by atoms with Crippen LogP contribution in [0.15, 0.2) is 30.6 Å². The third-order valence-corrected chi connectivity index (χ3v) is 6.17. The average molecular weight is 398 g/mol. The molecule has 1 aromatic carbocycles. The van der Waals surface area contributed by atoms with Gasteiger partial charge in [0.05, 0.1) is 30.5 Å². The number of halogens is 2. The highest BCUT2D eigenvalue weighted by Gasteiger charge is 2.72. The van der Waals surface area contributed by atoms with Crippen LogP contribution in [0.25, 0.3) is 0 Å². The fourth-order valence-corrected chi connectivity index (χ4v) is 4.65. The molecule has 1 amide bonds. The van der Waals surface area contributed by atoms with Crippen LogP contribution in [0, 0.1) is 33.8 Å². The molecular formula is C21H20F2N4O2. The highest BCUT2D eigenvalue weighted by molar-refractivity contribution is 5.86. The van der Waals surface area contributed by atoms with Crippen molar-refractivity contribution in [1.29, 1.82) is 5.26 Å². The van der Waals surface area contributed by atoms with E-state index in [1.165, 1.54) is 17.3 Å². The maximum atomic E-state index is 14.1. The predicted molar refractivity (Wildman–Crippen MR) is 98.5 cm³/mol. The zero-order valence-corrected chi connectivity index (χ0v) is 16.2. The Labute approximate surface area is 167 Å². The summed E-state index contributed by atoms with van der Waals surface area (Å²) < 4.78 is 33.2. The van der Waals surface area contributed by atoms with Crippen LogP contribution >= 0.6 is 0 Å². The van der Waals surface area contributed by atoms with Gasteiger partial charge in [-0.05, 0) is 44.4 Å². The molecule has 3 aliphatic carbocycles. The van der Waals surface area contributed by atoms with E-state index in [1.54, 1.807) is 14.0 Å². The number of nitrogens with zero attached hydrogens (tertiary/aromatic N) is 4. The van der Waals surface area contributed by atoms with Gasteiger partial charge < -0.3 is 9.64 Å². The third kappa shape index (κ3) is 3.20. The normalized spacial score (nSPS) is 25.2. The molecule has 1 atom stereocenters. The lowest BCUT2D eigenvalue weighted by Gasteiger charge is -2.69. The Hall–Kier alpha value is -3.08. The number of carbonyl (C=O) groups excluding carboxylic acids is 1. The molecule has 1 aromatic heterocycles. The van der Waals surface area contributed by atoms with E-state index >= 15 is 0 Å². The lowest BCUT2D eigenvalue weighted by molar-refractivity contribution is -0.226. The Morgan fingerprint density at radius 2 is 2.03 bits per heavy atom. The minimum atomic E-state index is -0.562. The van der Waals surface area contributed by atoms with E-state index in [-0.39, 0.29) is 22.6 Å². The van der Waals surface area contributed by atoms with Crippen molar-refractivity contribution in [1.82, 2.24) is 14.9 Å². The van der Waals surface area contributed by atoms with E-state index in [1.807, 2.05) is 6.07 Å². The number of rotatable bonds is 6. The van der Waals surface area contributed by atoms with E-state index in [9.17, 15) is 13.6 Å². The second-order valence-electron chi connectivity index (χ2n) is 8.21. The van der Waals surface area contributed by atoms with Gasteiger partial charge >= 0.3 is 0 Å². The number of hydrogen-bond donors (Lipinski definition) is 0. The van der Waals surface area contributed by atoms with E-state index in [0.717, 1.165) is 18.2 Å². The maximum Gasteiger partial charge on any atom is 0.232 e. The van der Waals surface area contributed by atoms with Gasteiger partial charge in [-0.25, -0.2) is 18.7 Å². The molecule has 3 fully saturated rings. The fraction of sp³-hybridized carbons (Fsp3) is 0.429. The van der Waals surface area contributed by atoms with Crippen LogP contribution in [0.4, 0.5) is 8.78 Å². The molecule has 1 heterocycles. The minimum Gasteiger partial charge on any atom is -0.476 e. The zero-order chi connectivity index (χ0) is 20.8. The van der Waals surface area contributed by atoms with Crippen molar-refractivity contribution in [3.8, 4) is 11.9 Å². The molecule has 29 heavy (non-hydrogen) atoms. The summed E-state index contributed by atoms with van der Waals surface area (Å²) in [6.45, 7) is 2.13. The number of nitriles is 1. The topological polar surface area (TPSA) is 79.1 Å². The summed E-state index contributed by atoms with van der Waals surface area (Å²) >= 11 is 0. The summed E-state index contributed by atoms with van der Waals surface area (Å²) in [6, 6.07) is 4.62. The number of hydrogen-bond acceptors (Lipinski definition) is 5. The van der Waals surface area contributed by atoms with Crippen molar-refractivity contribution in [3.63, 3.8) is 0 Å². The Balaban J connectivity index is 1.35. The Bertz CT molecular complexity index is 983. The summed E-state index contributed by atoms with van der Waals surface area (Å²) in [4.78, 5) is 22.5. The number of aromatic nitrogens is 2. The molecule has 2 bridgehead atoms. The first-order chi connectivity index (χ1) is 13.8. The van der Waals surface area contributed by atoms with E-state index < -0.39 is 23.1 Å². The van der Waals surface area contributed by atoms with Crippen LogP contribution in [0.2, 0.25) is 0 Å². The van der Waals surface area contributed by atoms with Crippen molar-refractivity contribution in [2.24, 2.45) is 10.8 Å². The summed E-state index contributed by atoms with van der Waals surface area (Å²) in [5, 5.41) is 8.74. The van der Waals surface area contributed by atoms with Gasteiger partial charge in [-0.15, -0.1) is 0 Å². The van der Waals surface area contributed by atoms with Gasteiger partial charge in [0.1, 0.15) is 17.7 Å². The molecule has 0 N–H and O–H groups in total. The molecule has 0 saturated heterocycles. The van der Waals surface area contributed by atoms with E-state index in [0.29, 0.717) is 31.7 Å². The molecular weight excluding hydrogens is 378 g/mol. The first kappa shape index (κ1) is 19.2. The highest BCUT2D eigenvalue weighted by atomic mass is 19.1. The van der Waals surface area contributed by atoms with Crippen molar-refractivity contribution < 1.29 is 18.3 Å². The molecule has 5 rings (SSSR count). The second kappa shape index (κ2) is 6.76. The number of carbonyl (C=O) groups is 1. The Morgan fingerprint density at radius 1 is 1.31 bits per heavy atom. The maximum absolute atomic E-state index is 14.1. The van der Waals surface area contributed by atoms with Crippen molar-refractivity contribution >= 4 is 5.91 Å². The van der Waals surface area contributed by atoms with Gasteiger partial charge in [-0.2, -0.15) is 5.26 Å². The van der Waals surface area contributed by atoms with Crippen LogP contribution in [0.1, 0.15) is 43.5 Å². The van der Waals surface area contributed by atoms with Crippen molar-refractivity contribution in [2.45, 2.75) is 32.2 Å². The second-order valence-corrected chi connectivity index (χ2v) is 8.21. The predicted octanol–water partition coefficient (Wildman–Crippen LogP) is 3.40. The van der Waals surface area contributed by atoms with Gasteiger partial charge in [0.15, 0.2) is 5.69 Å². The summed E-state index contributed by atoms with van der Waals surface area (Å²) in [7, 11) is 1.63. The lowest BCUT2D eigenvalue weighted by Crippen LogP contribution is -2.69. The fourth-order valence-electron chi connectivity index (χ4n) is 4.65. The van der Waals surface area contributed by atoms with Crippen LogP contribution in [-0.2, 0) is 4.79 Å². The Kier molecular flexibility index (Phi) is 4.49. The van der Waals surface area contributed by atoms with Gasteiger partial charge in [0.25, 0.3) is 0 Å². The van der Waals surface area contributed by atoms with Crippen molar-refractivity contribution in [3.05, 3.63) is 53.5 Å². The van der Waals surface area contributed by atoms with Crippen LogP contribution in [-0.4, -0.2) is 34.4 Å². The summed E-state index contributed by atoms with van der Waals surface area (Å²) in [5.74, 6) is -0.749. The lowest BCUT2D eigenvalue weighted by atomic mass is 9.35. The Morgan fingerprint density at radius 3 is 2.66 bits per heavy atom. The van der Waals surface area contributed by atoms with Crippen LogP contribution in [0.3, 0.4) is 0 Å². The average Bonchev–Trinajstić information content (AvgIpc) is 2.67. The standard InChI is InChI=1S/C21H20F2N4O2/c1-13(16-5-14(22)3-4-17(16)23)27(2)19(28)21-9-20(10-21,11-21)12-29-18-8-25-15(6-24)7-26-18/h3-5,7-8,13H,9-12H2,1-2H3. The van der Waals surface area contributed by atoms with Crippen LogP contribution in [0.5, 0.6) is 5.88 Å². The minimum absolute atomic E-state index is 0.0475. The molecule has 8 heteroatoms. The molecule has 0 spiro atoms. The molecule has 1 unspecified atom stereocenters. The first-order valence-electron chi connectivity index (χ1n) is 9.35. The molecule has 150 valence electrons. The quantitative estimate of drug-likeness (QED) is 0.745. The number of ether oxygens (including phenoxy) is 1. The molecule has 2 aromatic rings. The number of amides is 1.